The molecular formula is C17H21NO3S. The van der Waals surface area contributed by atoms with Crippen LogP contribution in [0.5, 0.6) is 0 Å². The molecule has 0 spiro atoms. The van der Waals surface area contributed by atoms with Gasteiger partial charge < -0.3 is 4.90 Å². The van der Waals surface area contributed by atoms with Crippen LogP contribution in [0.15, 0.2) is 35.2 Å². The molecule has 2 aliphatic rings. The number of anilines is 1. The zero-order valence-corrected chi connectivity index (χ0v) is 13.8. The second-order valence-corrected chi connectivity index (χ2v) is 8.36. The summed E-state index contributed by atoms with van der Waals surface area (Å²) in [4.78, 5) is 14.1. The highest BCUT2D eigenvalue weighted by Crippen LogP contribution is 2.38. The first-order valence-electron chi connectivity index (χ1n) is 7.61. The lowest BCUT2D eigenvalue weighted by molar-refractivity contribution is 0.101. The largest absolute Gasteiger partial charge is 0.370 e. The van der Waals surface area contributed by atoms with Gasteiger partial charge in [0, 0.05) is 24.9 Å². The summed E-state index contributed by atoms with van der Waals surface area (Å²) in [5.74, 6) is 1.12. The maximum absolute atomic E-state index is 12.1. The van der Waals surface area contributed by atoms with Crippen molar-refractivity contribution in [3.05, 3.63) is 35.9 Å². The molecule has 1 aromatic carbocycles. The molecule has 118 valence electrons. The Kier molecular flexibility index (Phi) is 3.85. The normalized spacial score (nSPS) is 24.4. The topological polar surface area (TPSA) is 54.5 Å². The number of ketones is 1. The summed E-state index contributed by atoms with van der Waals surface area (Å²) < 4.78 is 24.2. The van der Waals surface area contributed by atoms with E-state index >= 15 is 0 Å². The first-order valence-corrected chi connectivity index (χ1v) is 9.50. The molecule has 1 aliphatic heterocycles. The number of hydrogen-bond donors (Lipinski definition) is 0. The molecule has 0 saturated carbocycles. The molecule has 1 saturated heterocycles. The Balaban J connectivity index is 2.01. The van der Waals surface area contributed by atoms with Gasteiger partial charge in [0.15, 0.2) is 15.6 Å². The summed E-state index contributed by atoms with van der Waals surface area (Å²) in [5.41, 5.74) is 1.25. The summed E-state index contributed by atoms with van der Waals surface area (Å²) in [6.45, 7) is 3.23. The average Bonchev–Trinajstić information content (AvgIpc) is 2.89. The predicted molar refractivity (Wildman–Crippen MR) is 87.1 cm³/mol. The summed E-state index contributed by atoms with van der Waals surface area (Å²) in [7, 11) is -3.31. The molecule has 1 fully saturated rings. The number of sulfone groups is 1. The summed E-state index contributed by atoms with van der Waals surface area (Å²) in [5, 5.41) is 0. The van der Waals surface area contributed by atoms with E-state index in [2.05, 4.69) is 17.1 Å². The molecule has 22 heavy (non-hydrogen) atoms. The van der Waals surface area contributed by atoms with E-state index in [9.17, 15) is 13.2 Å². The van der Waals surface area contributed by atoms with Crippen molar-refractivity contribution in [3.63, 3.8) is 0 Å². The number of carbonyl (C=O) groups is 1. The first kappa shape index (κ1) is 15.3. The molecule has 1 heterocycles. The van der Waals surface area contributed by atoms with Crippen LogP contribution in [0.3, 0.4) is 0 Å². The number of nitrogens with zero attached hydrogens (tertiary/aromatic N) is 1. The molecular weight excluding hydrogens is 298 g/mol. The number of allylic oxidation sites excluding steroid dienone is 2. The van der Waals surface area contributed by atoms with Crippen molar-refractivity contribution in [1.82, 2.24) is 0 Å². The Bertz CT molecular complexity index is 720. The van der Waals surface area contributed by atoms with Gasteiger partial charge in [0.25, 0.3) is 0 Å². The van der Waals surface area contributed by atoms with Gasteiger partial charge in [-0.1, -0.05) is 12.2 Å². The maximum Gasteiger partial charge on any atom is 0.177 e. The number of benzene rings is 1. The fourth-order valence-corrected chi connectivity index (χ4v) is 4.39. The van der Waals surface area contributed by atoms with E-state index in [-0.39, 0.29) is 5.78 Å². The lowest BCUT2D eigenvalue weighted by Crippen LogP contribution is -2.22. The van der Waals surface area contributed by atoms with E-state index in [0.717, 1.165) is 25.9 Å². The van der Waals surface area contributed by atoms with Gasteiger partial charge in [-0.25, -0.2) is 8.42 Å². The minimum Gasteiger partial charge on any atom is -0.370 e. The molecule has 0 aromatic heterocycles. The van der Waals surface area contributed by atoms with Crippen molar-refractivity contribution in [1.29, 1.82) is 0 Å². The minimum absolute atomic E-state index is 0.0421. The molecule has 0 unspecified atom stereocenters. The quantitative estimate of drug-likeness (QED) is 0.635. The van der Waals surface area contributed by atoms with Gasteiger partial charge in [0.1, 0.15) is 0 Å². The monoisotopic (exact) mass is 319 g/mol. The number of Topliss-reactive ketones (excluding diaryl/α,β-unsaturated/α-hetero) is 1. The molecule has 5 heteroatoms. The van der Waals surface area contributed by atoms with Crippen molar-refractivity contribution in [2.75, 3.05) is 24.2 Å². The lowest BCUT2D eigenvalue weighted by Gasteiger charge is -2.22. The van der Waals surface area contributed by atoms with Gasteiger partial charge in [-0.3, -0.25) is 4.79 Å². The van der Waals surface area contributed by atoms with Crippen LogP contribution in [-0.4, -0.2) is 33.5 Å². The zero-order valence-electron chi connectivity index (χ0n) is 13.0. The number of rotatable bonds is 3. The smallest absolute Gasteiger partial charge is 0.177 e. The fraction of sp³-hybridized carbons (Fsp3) is 0.471. The molecule has 2 atom stereocenters. The van der Waals surface area contributed by atoms with Crippen molar-refractivity contribution >= 4 is 21.3 Å². The number of fused-ring (bicyclic) bond motifs is 1. The molecule has 1 aliphatic carbocycles. The SMILES string of the molecule is CC(=O)c1ccc(S(C)(=O)=O)c(N2C[C@@H]3CC=CC[C@H]3C2)c1. The van der Waals surface area contributed by atoms with Crippen molar-refractivity contribution < 1.29 is 13.2 Å². The molecule has 4 nitrogen and oxygen atoms in total. The predicted octanol–water partition coefficient (Wildman–Crippen LogP) is 2.70. The van der Waals surface area contributed by atoms with E-state index in [1.807, 2.05) is 0 Å². The number of carbonyl (C=O) groups excluding carboxylic acids is 1. The second-order valence-electron chi connectivity index (χ2n) is 6.38. The minimum atomic E-state index is -3.31. The van der Waals surface area contributed by atoms with E-state index in [0.29, 0.717) is 28.0 Å². The Labute approximate surface area is 131 Å². The van der Waals surface area contributed by atoms with Gasteiger partial charge in [-0.15, -0.1) is 0 Å². The summed E-state index contributed by atoms with van der Waals surface area (Å²) >= 11 is 0. The highest BCUT2D eigenvalue weighted by atomic mass is 32.2. The van der Waals surface area contributed by atoms with Gasteiger partial charge >= 0.3 is 0 Å². The van der Waals surface area contributed by atoms with Crippen LogP contribution in [0.4, 0.5) is 5.69 Å². The molecule has 3 rings (SSSR count). The van der Waals surface area contributed by atoms with Crippen molar-refractivity contribution in [2.24, 2.45) is 11.8 Å². The third kappa shape index (κ3) is 2.82. The highest BCUT2D eigenvalue weighted by molar-refractivity contribution is 7.90. The zero-order chi connectivity index (χ0) is 15.9. The molecule has 1 aromatic rings. The molecule has 0 bridgehead atoms. The standard InChI is InChI=1S/C17H21NO3S/c1-12(19)13-7-8-17(22(2,20)21)16(9-13)18-10-14-5-3-4-6-15(14)11-18/h3-4,7-9,14-15H,5-6,10-11H2,1-2H3/t14-,15-/m0/s1. The molecule has 0 N–H and O–H groups in total. The fourth-order valence-electron chi connectivity index (χ4n) is 3.51. The summed E-state index contributed by atoms with van der Waals surface area (Å²) in [6, 6.07) is 4.91. The molecule has 0 radical (unpaired) electrons. The van der Waals surface area contributed by atoms with Gasteiger partial charge in [-0.2, -0.15) is 0 Å². The van der Waals surface area contributed by atoms with Crippen molar-refractivity contribution in [3.8, 4) is 0 Å². The number of hydrogen-bond acceptors (Lipinski definition) is 4. The Morgan fingerprint density at radius 1 is 1.14 bits per heavy atom. The maximum atomic E-state index is 12.1. The molecule has 0 amide bonds. The van der Waals surface area contributed by atoms with Crippen molar-refractivity contribution in [2.45, 2.75) is 24.7 Å². The lowest BCUT2D eigenvalue weighted by atomic mass is 9.86. The van der Waals surface area contributed by atoms with Crippen LogP contribution < -0.4 is 4.90 Å². The Morgan fingerprint density at radius 2 is 1.73 bits per heavy atom. The Hall–Kier alpha value is -1.62. The van der Waals surface area contributed by atoms with Crippen LogP contribution in [0.1, 0.15) is 30.1 Å². The van der Waals surface area contributed by atoms with Crippen LogP contribution in [0.2, 0.25) is 0 Å². The third-order valence-electron chi connectivity index (χ3n) is 4.73. The van der Waals surface area contributed by atoms with E-state index in [1.54, 1.807) is 18.2 Å². The van der Waals surface area contributed by atoms with E-state index in [4.69, 9.17) is 0 Å². The van der Waals surface area contributed by atoms with Crippen LogP contribution in [0, 0.1) is 11.8 Å². The van der Waals surface area contributed by atoms with Gasteiger partial charge in [0.05, 0.1) is 10.6 Å². The summed E-state index contributed by atoms with van der Waals surface area (Å²) in [6.07, 6.45) is 7.77. The van der Waals surface area contributed by atoms with Crippen LogP contribution in [0.25, 0.3) is 0 Å². The van der Waals surface area contributed by atoms with Gasteiger partial charge in [-0.05, 0) is 49.8 Å². The average molecular weight is 319 g/mol. The van der Waals surface area contributed by atoms with E-state index < -0.39 is 9.84 Å². The van der Waals surface area contributed by atoms with Crippen LogP contribution in [-0.2, 0) is 9.84 Å². The highest BCUT2D eigenvalue weighted by Gasteiger charge is 2.34. The van der Waals surface area contributed by atoms with Crippen LogP contribution >= 0.6 is 0 Å². The second kappa shape index (κ2) is 5.54. The first-order chi connectivity index (χ1) is 10.4. The van der Waals surface area contributed by atoms with E-state index in [1.165, 1.54) is 13.2 Å². The van der Waals surface area contributed by atoms with Gasteiger partial charge in [0.2, 0.25) is 0 Å². The Morgan fingerprint density at radius 3 is 2.23 bits per heavy atom. The third-order valence-corrected chi connectivity index (χ3v) is 5.87.